The number of hydrazine groups is 1. The minimum absolute atomic E-state index is 0.147. The van der Waals surface area contributed by atoms with Gasteiger partial charge >= 0.3 is 30.6 Å². The highest BCUT2D eigenvalue weighted by molar-refractivity contribution is 7.88. The molecule has 3 atom stereocenters. The third kappa shape index (κ3) is 19.4. The van der Waals surface area contributed by atoms with E-state index >= 15 is 0 Å². The van der Waals surface area contributed by atoms with Crippen LogP contribution in [0.1, 0.15) is 211 Å². The lowest BCUT2D eigenvalue weighted by Crippen LogP contribution is -2.55. The van der Waals surface area contributed by atoms with Crippen LogP contribution < -0.4 is 19.1 Å². The molecule has 3 unspecified atom stereocenters. The van der Waals surface area contributed by atoms with E-state index in [0.29, 0.717) is 69.7 Å². The molecule has 31 heteroatoms. The van der Waals surface area contributed by atoms with Crippen molar-refractivity contribution >= 4 is 104 Å². The molecule has 10 aromatic rings. The van der Waals surface area contributed by atoms with Crippen LogP contribution >= 0.6 is 0 Å². The van der Waals surface area contributed by atoms with Gasteiger partial charge in [0.1, 0.15) is 0 Å². The van der Waals surface area contributed by atoms with E-state index in [4.69, 9.17) is 0 Å². The maximum atomic E-state index is 14.4. The summed E-state index contributed by atoms with van der Waals surface area (Å²) in [5.41, 5.74) is 19.0. The average molecular weight is 1880 g/mol. The number of rotatable bonds is 17. The Hall–Kier alpha value is -10.6. The summed E-state index contributed by atoms with van der Waals surface area (Å²) in [7, 11) is -3.50. The van der Waals surface area contributed by atoms with Gasteiger partial charge < -0.3 is 33.3 Å². The molecule has 0 bridgehead atoms. The number of nitrogens with zero attached hydrogens (tertiary/aromatic N) is 13. The number of aromatic nitrogens is 4. The molecule has 7 fully saturated rings. The number of carbonyl (C=O) groups is 6. The Labute approximate surface area is 788 Å². The van der Waals surface area contributed by atoms with Gasteiger partial charge in [0.15, 0.2) is 0 Å². The van der Waals surface area contributed by atoms with E-state index in [2.05, 4.69) is 125 Å². The molecule has 20 rings (SSSR count). The second kappa shape index (κ2) is 40.0. The van der Waals surface area contributed by atoms with Crippen LogP contribution in [0.15, 0.2) is 152 Å². The Morgan fingerprint density at radius 1 is 0.328 bits per heavy atom. The fourth-order valence-electron chi connectivity index (χ4n) is 23.0. The Morgan fingerprint density at radius 2 is 0.619 bits per heavy atom. The number of amides is 6. The first-order valence-electron chi connectivity index (χ1n) is 48.6. The molecular weight excluding hydrogens is 1750 g/mol. The number of benzene rings is 6. The molecule has 0 radical (unpaired) electrons. The summed E-state index contributed by atoms with van der Waals surface area (Å²) in [5, 5.41) is 8.14. The predicted octanol–water partition coefficient (Wildman–Crippen LogP) is 14.1. The molecule has 3 saturated carbocycles. The number of hydrogen-bond donors (Lipinski definition) is 3. The molecule has 10 aliphatic rings. The lowest BCUT2D eigenvalue weighted by Gasteiger charge is -2.40. The lowest BCUT2D eigenvalue weighted by atomic mass is 9.81. The fourth-order valence-corrected chi connectivity index (χ4v) is 24.6. The normalized spacial score (nSPS) is 20.2. The van der Waals surface area contributed by atoms with E-state index < -0.39 is 48.3 Å². The first-order chi connectivity index (χ1) is 64.7. The van der Waals surface area contributed by atoms with Crippen LogP contribution in [0.2, 0.25) is 0 Å². The van der Waals surface area contributed by atoms with Crippen LogP contribution in [0, 0.1) is 17.8 Å². The van der Waals surface area contributed by atoms with Crippen molar-refractivity contribution in [3.05, 3.63) is 202 Å². The summed E-state index contributed by atoms with van der Waals surface area (Å²) in [6.07, 6.45) is 28.8. The van der Waals surface area contributed by atoms with Gasteiger partial charge in [-0.1, -0.05) is 149 Å². The SMILES string of the molecule is CN(C)S(=O)(=O)NC(=O)c1ccc2c(C3CCCCC3)c3n(c2c1)CC(C(=O)N1CCCCC1)Cc1ccccc1-3.CN(C)S(=O)(=O)NC(=O)c1ccc2c(C3CCCCC3)c3n(c2c1)CC(C(=O)N1CCN(N2CCCC2)CC1)Cc1ccccc1-3.CN(C)S(=O)(=O)NC(=O)c1ccc2c(C3CCCCC3)c3n(c2c1)CC(C(=O)N1CCN(c2ccncc2)CC1)Cc1ccccc1-3. The summed E-state index contributed by atoms with van der Waals surface area (Å²) in [6, 6.07) is 46.1. The third-order valence-electron chi connectivity index (χ3n) is 30.1. The third-order valence-corrected chi connectivity index (χ3v) is 34.3. The maximum absolute atomic E-state index is 14.4. The highest BCUT2D eigenvalue weighted by Gasteiger charge is 2.42. The number of carbonyl (C=O) groups excluding carboxylic acids is 6. The molecule has 4 aromatic heterocycles. The minimum atomic E-state index is -3.96. The van der Waals surface area contributed by atoms with E-state index in [1.165, 1.54) is 153 Å². The van der Waals surface area contributed by atoms with E-state index in [-0.39, 0.29) is 52.2 Å². The average Bonchev–Trinajstić information content (AvgIpc) is 1.58. The first kappa shape index (κ1) is 93.7. The van der Waals surface area contributed by atoms with Crippen LogP contribution in [-0.4, -0.2) is 238 Å². The van der Waals surface area contributed by atoms with Gasteiger partial charge in [0.05, 0.1) is 34.8 Å². The Kier molecular flexibility index (Phi) is 28.0. The molecule has 134 heavy (non-hydrogen) atoms. The van der Waals surface area contributed by atoms with Crippen molar-refractivity contribution in [2.75, 3.05) is 126 Å². The summed E-state index contributed by atoms with van der Waals surface area (Å²) in [5.74, 6) is -1.04. The van der Waals surface area contributed by atoms with Crippen molar-refractivity contribution in [3.63, 3.8) is 0 Å². The van der Waals surface area contributed by atoms with Gasteiger partial charge in [0.25, 0.3) is 17.7 Å². The molecule has 3 N–H and O–H groups in total. The van der Waals surface area contributed by atoms with Crippen molar-refractivity contribution in [1.82, 2.24) is 70.5 Å². The van der Waals surface area contributed by atoms with Crippen LogP contribution in [0.4, 0.5) is 5.69 Å². The van der Waals surface area contributed by atoms with Gasteiger partial charge in [-0.05, 0) is 190 Å². The Bertz CT molecular complexity index is 6440. The molecule has 28 nitrogen and oxygen atoms in total. The molecule has 11 heterocycles. The van der Waals surface area contributed by atoms with Crippen LogP contribution in [0.3, 0.4) is 0 Å². The largest absolute Gasteiger partial charge is 0.368 e. The number of piperidine rings is 1. The van der Waals surface area contributed by atoms with Gasteiger partial charge in [0.2, 0.25) is 17.7 Å². The van der Waals surface area contributed by atoms with Crippen LogP contribution in [-0.2, 0) is 83.9 Å². The highest BCUT2D eigenvalue weighted by Crippen LogP contribution is 2.52. The molecule has 4 saturated heterocycles. The second-order valence-corrected chi connectivity index (χ2v) is 44.6. The second-order valence-electron chi connectivity index (χ2n) is 39.0. The standard InChI is InChI=1S/C36H42N6O4S.C35H46N6O4S.C32H40N4O4S/c1-39(2)47(45,46)38-35(43)27-12-13-31-32(23-27)42-24-28(36(44)41-20-18-40(19-21-41)29-14-16-37-17-15-29)22-26-10-6-7-11-30(26)34(42)33(31)25-8-4-3-5-9-25;1-37(2)46(44,45)36-34(42)27-14-15-30-31(23-27)41-24-28(35(43)38-18-20-40(21-19-38)39-16-8-9-17-39)22-26-12-6-7-13-29(26)33(41)32(30)25-10-4-3-5-11-25;1-34(2)41(39,40)33-31(37)24-15-16-27-28(20-24)36-21-25(32(38)35-17-9-4-10-18-35)19-23-13-7-8-14-26(23)30(36)29(27)22-11-5-3-6-12-22/h6-7,10-17,23,25,28H,3-5,8-9,18-22,24H2,1-2H3,(H,38,43);6-7,12-15,23,25,28H,3-5,8-11,16-22,24H2,1-2H3,(H,36,42);7-8,13-16,20,22,25H,3-6,9-12,17-19,21H2,1-2H3,(H,33,37). The van der Waals surface area contributed by atoms with Gasteiger partial charge in [0, 0.05) is 225 Å². The van der Waals surface area contributed by atoms with Gasteiger partial charge in [-0.15, -0.1) is 0 Å². The Morgan fingerprint density at radius 3 is 0.948 bits per heavy atom. The summed E-state index contributed by atoms with van der Waals surface area (Å²) >= 11 is 0. The number of anilines is 1. The zero-order valence-corrected chi connectivity index (χ0v) is 80.7. The van der Waals surface area contributed by atoms with Crippen molar-refractivity contribution in [2.45, 2.75) is 185 Å². The number of nitrogens with one attached hydrogen (secondary N) is 3. The van der Waals surface area contributed by atoms with Gasteiger partial charge in [-0.2, -0.15) is 38.2 Å². The zero-order valence-electron chi connectivity index (χ0n) is 78.2. The van der Waals surface area contributed by atoms with E-state index in [9.17, 15) is 54.0 Å². The number of piperazine rings is 2. The number of hydrogen-bond acceptors (Lipinski definition) is 16. The van der Waals surface area contributed by atoms with Crippen molar-refractivity contribution in [1.29, 1.82) is 0 Å². The van der Waals surface area contributed by atoms with Gasteiger partial charge in [-0.3, -0.25) is 33.8 Å². The Balaban J connectivity index is 0.000000135. The summed E-state index contributed by atoms with van der Waals surface area (Å²) < 4.78 is 91.2. The van der Waals surface area contributed by atoms with Crippen LogP contribution in [0.25, 0.3) is 66.5 Å². The minimum Gasteiger partial charge on any atom is -0.368 e. The van der Waals surface area contributed by atoms with Crippen molar-refractivity contribution in [2.24, 2.45) is 17.8 Å². The fraction of sp³-hybridized carbons (Fsp3) is 0.485. The van der Waals surface area contributed by atoms with Gasteiger partial charge in [-0.25, -0.2) is 24.2 Å². The van der Waals surface area contributed by atoms with E-state index in [0.717, 1.165) is 202 Å². The highest BCUT2D eigenvalue weighted by atomic mass is 32.2. The molecule has 7 aliphatic heterocycles. The van der Waals surface area contributed by atoms with E-state index in [1.54, 1.807) is 30.6 Å². The molecule has 3 aliphatic carbocycles. The number of pyridine rings is 1. The summed E-state index contributed by atoms with van der Waals surface area (Å²) in [6.45, 7) is 11.4. The lowest BCUT2D eigenvalue weighted by molar-refractivity contribution is -0.141. The molecule has 6 amide bonds. The molecular formula is C103H128N16O12S3. The first-order valence-corrected chi connectivity index (χ1v) is 53.0. The number of likely N-dealkylation sites (tertiary alicyclic amines) is 1. The van der Waals surface area contributed by atoms with Crippen molar-refractivity contribution in [3.8, 4) is 33.8 Å². The quantitative estimate of drug-likeness (QED) is 0.0763. The smallest absolute Gasteiger partial charge is 0.303 e. The molecule has 6 aromatic carbocycles. The number of fused-ring (bicyclic) bond motifs is 15. The molecule has 710 valence electrons. The molecule has 0 spiro atoms. The van der Waals surface area contributed by atoms with Crippen LogP contribution in [0.5, 0.6) is 0 Å². The maximum Gasteiger partial charge on any atom is 0.303 e. The predicted molar refractivity (Wildman–Crippen MR) is 524 cm³/mol. The van der Waals surface area contributed by atoms with E-state index in [1.807, 2.05) is 58.3 Å². The summed E-state index contributed by atoms with van der Waals surface area (Å²) in [4.78, 5) is 94.8. The van der Waals surface area contributed by atoms with Crippen molar-refractivity contribution < 1.29 is 54.0 Å². The zero-order chi connectivity index (χ0) is 93.4. The topological polar surface area (TPSA) is 298 Å². The monoisotopic (exact) mass is 1880 g/mol.